The van der Waals surface area contributed by atoms with Crippen molar-refractivity contribution in [3.63, 3.8) is 0 Å². The van der Waals surface area contributed by atoms with Gasteiger partial charge in [0.15, 0.2) is 4.67 Å². The van der Waals surface area contributed by atoms with E-state index in [2.05, 4.69) is 21.2 Å². The fraction of sp³-hybridized carbons (Fsp3) is 0.167. The highest BCUT2D eigenvalue weighted by atomic mass is 79.9. The van der Waals surface area contributed by atoms with Gasteiger partial charge in [0.2, 0.25) is 0 Å². The molecule has 5 nitrogen and oxygen atoms in total. The van der Waals surface area contributed by atoms with Crippen molar-refractivity contribution in [2.75, 3.05) is 11.9 Å². The molecule has 1 amide bonds. The van der Waals surface area contributed by atoms with Gasteiger partial charge in [-0.1, -0.05) is 0 Å². The second-order valence-electron chi connectivity index (χ2n) is 3.45. The van der Waals surface area contributed by atoms with Crippen LogP contribution in [-0.2, 0) is 4.74 Å². The molecule has 0 unspecified atom stereocenters. The maximum atomic E-state index is 12.0. The Balaban J connectivity index is 2.16. The van der Waals surface area contributed by atoms with Gasteiger partial charge in [-0.3, -0.25) is 4.79 Å². The number of nitrogens with one attached hydrogen (secondary N) is 1. The van der Waals surface area contributed by atoms with Crippen molar-refractivity contribution in [1.82, 2.24) is 0 Å². The third-order valence-corrected chi connectivity index (χ3v) is 3.69. The van der Waals surface area contributed by atoms with Crippen LogP contribution >= 0.6 is 27.3 Å². The topological polar surface area (TPSA) is 68.5 Å². The molecular formula is C12H10BrNO4S. The minimum absolute atomic E-state index is 0.287. The zero-order valence-electron chi connectivity index (χ0n) is 9.94. The molecule has 100 valence electrons. The van der Waals surface area contributed by atoms with Crippen LogP contribution in [0.25, 0.3) is 0 Å². The molecular weight excluding hydrogens is 334 g/mol. The fourth-order valence-electron chi connectivity index (χ4n) is 1.40. The predicted octanol–water partition coefficient (Wildman–Crippen LogP) is 3.53. The first kappa shape index (κ1) is 13.8. The Bertz CT molecular complexity index is 604. The SMILES string of the molecule is CCOC(=O)c1ccsc1NC(=O)c1ccoc1Br. The van der Waals surface area contributed by atoms with Gasteiger partial charge in [0.25, 0.3) is 5.91 Å². The lowest BCUT2D eigenvalue weighted by atomic mass is 10.3. The summed E-state index contributed by atoms with van der Waals surface area (Å²) >= 11 is 4.38. The maximum Gasteiger partial charge on any atom is 0.341 e. The molecule has 2 heterocycles. The zero-order chi connectivity index (χ0) is 13.8. The molecule has 0 bridgehead atoms. The highest BCUT2D eigenvalue weighted by Gasteiger charge is 2.18. The van der Waals surface area contributed by atoms with Crippen molar-refractivity contribution in [3.8, 4) is 0 Å². The predicted molar refractivity (Wildman–Crippen MR) is 74.6 cm³/mol. The number of carbonyl (C=O) groups is 2. The molecule has 0 fully saturated rings. The summed E-state index contributed by atoms with van der Waals surface area (Å²) in [4.78, 5) is 23.6. The molecule has 0 saturated carbocycles. The van der Waals surface area contributed by atoms with Gasteiger partial charge in [-0.2, -0.15) is 0 Å². The largest absolute Gasteiger partial charge is 0.462 e. The molecule has 0 atom stereocenters. The number of hydrogen-bond donors (Lipinski definition) is 1. The van der Waals surface area contributed by atoms with Crippen LogP contribution in [0.1, 0.15) is 27.6 Å². The average molecular weight is 344 g/mol. The van der Waals surface area contributed by atoms with Crippen molar-refractivity contribution in [2.24, 2.45) is 0 Å². The van der Waals surface area contributed by atoms with Gasteiger partial charge in [0.1, 0.15) is 5.00 Å². The molecule has 2 aromatic rings. The number of thiophene rings is 1. The lowest BCUT2D eigenvalue weighted by Gasteiger charge is -2.05. The lowest BCUT2D eigenvalue weighted by molar-refractivity contribution is 0.0528. The van der Waals surface area contributed by atoms with Crippen LogP contribution in [0, 0.1) is 0 Å². The summed E-state index contributed by atoms with van der Waals surface area (Å²) in [5.74, 6) is -0.807. The minimum Gasteiger partial charge on any atom is -0.462 e. The Hall–Kier alpha value is -1.60. The number of hydrogen-bond acceptors (Lipinski definition) is 5. The number of esters is 1. The lowest BCUT2D eigenvalue weighted by Crippen LogP contribution is -2.14. The van der Waals surface area contributed by atoms with E-state index >= 15 is 0 Å². The number of carbonyl (C=O) groups excluding carboxylic acids is 2. The number of anilines is 1. The normalized spacial score (nSPS) is 10.2. The van der Waals surface area contributed by atoms with Crippen LogP contribution in [0.15, 0.2) is 32.9 Å². The average Bonchev–Trinajstić information content (AvgIpc) is 2.98. The second kappa shape index (κ2) is 6.03. The Morgan fingerprint density at radius 1 is 1.42 bits per heavy atom. The number of rotatable bonds is 4. The van der Waals surface area contributed by atoms with E-state index in [0.29, 0.717) is 20.8 Å². The minimum atomic E-state index is -0.453. The Morgan fingerprint density at radius 3 is 2.84 bits per heavy atom. The van der Waals surface area contributed by atoms with E-state index < -0.39 is 5.97 Å². The molecule has 0 aliphatic carbocycles. The van der Waals surface area contributed by atoms with E-state index in [9.17, 15) is 9.59 Å². The molecule has 0 aliphatic heterocycles. The summed E-state index contributed by atoms with van der Waals surface area (Å²) < 4.78 is 10.2. The van der Waals surface area contributed by atoms with Gasteiger partial charge in [0, 0.05) is 0 Å². The highest BCUT2D eigenvalue weighted by molar-refractivity contribution is 9.10. The van der Waals surface area contributed by atoms with Gasteiger partial charge in [-0.25, -0.2) is 4.79 Å². The van der Waals surface area contributed by atoms with E-state index in [1.807, 2.05) is 0 Å². The summed E-state index contributed by atoms with van der Waals surface area (Å²) in [5.41, 5.74) is 0.711. The third-order valence-electron chi connectivity index (χ3n) is 2.25. The molecule has 2 rings (SSSR count). The summed E-state index contributed by atoms with van der Waals surface area (Å²) in [6.07, 6.45) is 1.40. The van der Waals surface area contributed by atoms with Crippen LogP contribution in [0.2, 0.25) is 0 Å². The second-order valence-corrected chi connectivity index (χ2v) is 5.08. The van der Waals surface area contributed by atoms with Crippen molar-refractivity contribution in [3.05, 3.63) is 39.6 Å². The summed E-state index contributed by atoms with van der Waals surface area (Å²) in [7, 11) is 0. The van der Waals surface area contributed by atoms with Crippen LogP contribution in [0.3, 0.4) is 0 Å². The molecule has 0 saturated heterocycles. The monoisotopic (exact) mass is 343 g/mol. The summed E-state index contributed by atoms with van der Waals surface area (Å²) in [6, 6.07) is 3.15. The van der Waals surface area contributed by atoms with Crippen molar-refractivity contribution >= 4 is 44.1 Å². The van der Waals surface area contributed by atoms with E-state index in [-0.39, 0.29) is 12.5 Å². The van der Waals surface area contributed by atoms with Crippen LogP contribution in [0.5, 0.6) is 0 Å². The molecule has 7 heteroatoms. The Kier molecular flexibility index (Phi) is 4.39. The first-order valence-corrected chi connectivity index (χ1v) is 7.09. The van der Waals surface area contributed by atoms with Gasteiger partial charge < -0.3 is 14.5 Å². The quantitative estimate of drug-likeness (QED) is 0.862. The van der Waals surface area contributed by atoms with E-state index in [1.165, 1.54) is 23.7 Å². The van der Waals surface area contributed by atoms with Gasteiger partial charge in [0.05, 0.1) is 24.0 Å². The molecule has 0 radical (unpaired) electrons. The van der Waals surface area contributed by atoms with Gasteiger partial charge in [-0.15, -0.1) is 11.3 Å². The molecule has 0 spiro atoms. The Labute approximate surface area is 121 Å². The fourth-order valence-corrected chi connectivity index (χ4v) is 2.59. The van der Waals surface area contributed by atoms with Crippen molar-refractivity contribution in [2.45, 2.75) is 6.92 Å². The number of halogens is 1. The van der Waals surface area contributed by atoms with Gasteiger partial charge in [-0.05, 0) is 40.4 Å². The van der Waals surface area contributed by atoms with Crippen LogP contribution in [-0.4, -0.2) is 18.5 Å². The van der Waals surface area contributed by atoms with E-state index in [0.717, 1.165) is 0 Å². The highest BCUT2D eigenvalue weighted by Crippen LogP contribution is 2.26. The van der Waals surface area contributed by atoms with E-state index in [1.54, 1.807) is 18.4 Å². The molecule has 0 aliphatic rings. The smallest absolute Gasteiger partial charge is 0.341 e. The number of amides is 1. The standard InChI is InChI=1S/C12H10BrNO4S/c1-2-17-12(16)8-4-6-19-11(8)14-10(15)7-3-5-18-9(7)13/h3-6H,2H2,1H3,(H,14,15). The maximum absolute atomic E-state index is 12.0. The molecule has 1 N–H and O–H groups in total. The molecule has 2 aromatic heterocycles. The van der Waals surface area contributed by atoms with E-state index in [4.69, 9.17) is 9.15 Å². The number of furan rings is 1. The first-order valence-electron chi connectivity index (χ1n) is 5.42. The first-order chi connectivity index (χ1) is 9.13. The third kappa shape index (κ3) is 3.05. The number of ether oxygens (including phenoxy) is 1. The van der Waals surface area contributed by atoms with Crippen molar-refractivity contribution < 1.29 is 18.7 Å². The summed E-state index contributed by atoms with van der Waals surface area (Å²) in [5, 5.41) is 4.83. The van der Waals surface area contributed by atoms with Crippen LogP contribution in [0.4, 0.5) is 5.00 Å². The molecule has 19 heavy (non-hydrogen) atoms. The van der Waals surface area contributed by atoms with Crippen molar-refractivity contribution in [1.29, 1.82) is 0 Å². The zero-order valence-corrected chi connectivity index (χ0v) is 12.3. The molecule has 0 aromatic carbocycles. The Morgan fingerprint density at radius 2 is 2.21 bits per heavy atom. The summed E-state index contributed by atoms with van der Waals surface area (Å²) in [6.45, 7) is 2.01. The van der Waals surface area contributed by atoms with Crippen LogP contribution < -0.4 is 5.32 Å². The van der Waals surface area contributed by atoms with Gasteiger partial charge >= 0.3 is 5.97 Å².